The lowest BCUT2D eigenvalue weighted by atomic mass is 9.87. The van der Waals surface area contributed by atoms with Crippen molar-refractivity contribution < 1.29 is 9.53 Å². The van der Waals surface area contributed by atoms with Crippen LogP contribution in [-0.2, 0) is 0 Å². The third kappa shape index (κ3) is 3.05. The number of H-pyrrole nitrogens is 1. The van der Waals surface area contributed by atoms with E-state index < -0.39 is 5.41 Å². The molecule has 7 heteroatoms. The largest absolute Gasteiger partial charge is 0.481 e. The number of fused-ring (bicyclic) bond motifs is 1. The molecule has 3 aromatic rings. The average molecular weight is 325 g/mol. The van der Waals surface area contributed by atoms with Crippen LogP contribution in [0.25, 0.3) is 11.2 Å². The van der Waals surface area contributed by atoms with Crippen molar-refractivity contribution in [3.8, 4) is 5.88 Å². The molecule has 3 aromatic heterocycles. The molecule has 0 aromatic carbocycles. The summed E-state index contributed by atoms with van der Waals surface area (Å²) in [5.74, 6) is 1.60. The molecule has 2 N–H and O–H groups in total. The molecule has 0 saturated heterocycles. The number of Topliss-reactive ketones (excluding diaryl/α,β-unsaturated/α-hetero) is 1. The molecular weight excluding hydrogens is 306 g/mol. The number of anilines is 2. The van der Waals surface area contributed by atoms with Gasteiger partial charge in [0.1, 0.15) is 11.3 Å². The van der Waals surface area contributed by atoms with Crippen molar-refractivity contribution in [2.45, 2.75) is 20.8 Å². The molecule has 0 aliphatic heterocycles. The smallest absolute Gasteiger partial charge is 0.214 e. The van der Waals surface area contributed by atoms with Crippen LogP contribution in [0.2, 0.25) is 0 Å². The molecule has 0 aliphatic rings. The number of aromatic amines is 1. The molecule has 7 nitrogen and oxygen atoms in total. The molecule has 24 heavy (non-hydrogen) atoms. The third-order valence-electron chi connectivity index (χ3n) is 3.50. The van der Waals surface area contributed by atoms with Crippen LogP contribution in [0.15, 0.2) is 30.6 Å². The van der Waals surface area contributed by atoms with Gasteiger partial charge in [0, 0.05) is 17.7 Å². The van der Waals surface area contributed by atoms with E-state index in [1.807, 2.05) is 26.8 Å². The summed E-state index contributed by atoms with van der Waals surface area (Å²) in [4.78, 5) is 28.7. The van der Waals surface area contributed by atoms with E-state index in [-0.39, 0.29) is 5.78 Å². The second-order valence-corrected chi connectivity index (χ2v) is 6.42. The molecular formula is C17H19N5O2. The first kappa shape index (κ1) is 15.9. The number of nitrogens with zero attached hydrogens (tertiary/aromatic N) is 3. The first-order chi connectivity index (χ1) is 11.4. The Morgan fingerprint density at radius 1 is 1.21 bits per heavy atom. The standard InChI is InChI=1S/C17H19N5O2/c1-17(2,3)15(23)10-8-18-16-14(10)22-12(9-19-16)20-11-6-5-7-13(21-11)24-4/h5-9H,1-4H3,(H,18,19)(H,20,21,22). The number of methoxy groups -OCH3 is 1. The summed E-state index contributed by atoms with van der Waals surface area (Å²) >= 11 is 0. The summed E-state index contributed by atoms with van der Waals surface area (Å²) in [6.07, 6.45) is 3.25. The van der Waals surface area contributed by atoms with Crippen LogP contribution in [0.1, 0.15) is 31.1 Å². The summed E-state index contributed by atoms with van der Waals surface area (Å²) in [5.41, 5.74) is 1.16. The van der Waals surface area contributed by atoms with E-state index >= 15 is 0 Å². The summed E-state index contributed by atoms with van der Waals surface area (Å²) in [7, 11) is 1.56. The van der Waals surface area contributed by atoms with Gasteiger partial charge in [0.2, 0.25) is 5.88 Å². The van der Waals surface area contributed by atoms with Gasteiger partial charge in [-0.05, 0) is 6.07 Å². The highest BCUT2D eigenvalue weighted by molar-refractivity contribution is 6.08. The third-order valence-corrected chi connectivity index (χ3v) is 3.50. The van der Waals surface area contributed by atoms with E-state index in [9.17, 15) is 4.79 Å². The Balaban J connectivity index is 1.97. The first-order valence-corrected chi connectivity index (χ1v) is 7.55. The van der Waals surface area contributed by atoms with E-state index in [4.69, 9.17) is 4.74 Å². The number of hydrogen-bond acceptors (Lipinski definition) is 6. The van der Waals surface area contributed by atoms with Gasteiger partial charge < -0.3 is 15.0 Å². The summed E-state index contributed by atoms with van der Waals surface area (Å²) < 4.78 is 5.10. The molecule has 3 heterocycles. The number of ketones is 1. The SMILES string of the molecule is COc1cccc(Nc2cnc3[nH]cc(C(=O)C(C)(C)C)c3n2)n1. The monoisotopic (exact) mass is 325 g/mol. The fourth-order valence-corrected chi connectivity index (χ4v) is 2.26. The Kier molecular flexibility index (Phi) is 3.92. The van der Waals surface area contributed by atoms with E-state index in [1.165, 1.54) is 0 Å². The van der Waals surface area contributed by atoms with E-state index in [0.717, 1.165) is 0 Å². The minimum Gasteiger partial charge on any atom is -0.481 e. The van der Waals surface area contributed by atoms with Crippen LogP contribution in [0.5, 0.6) is 5.88 Å². The van der Waals surface area contributed by atoms with E-state index in [2.05, 4.69) is 25.3 Å². The maximum Gasteiger partial charge on any atom is 0.214 e. The molecule has 0 atom stereocenters. The number of nitrogens with one attached hydrogen (secondary N) is 2. The highest BCUT2D eigenvalue weighted by atomic mass is 16.5. The predicted octanol–water partition coefficient (Wildman–Crippen LogP) is 3.33. The van der Waals surface area contributed by atoms with Crippen LogP contribution >= 0.6 is 0 Å². The van der Waals surface area contributed by atoms with Gasteiger partial charge in [-0.15, -0.1) is 0 Å². The molecule has 0 radical (unpaired) electrons. The highest BCUT2D eigenvalue weighted by Gasteiger charge is 2.26. The van der Waals surface area contributed by atoms with E-state index in [0.29, 0.717) is 34.2 Å². The van der Waals surface area contributed by atoms with Gasteiger partial charge in [0.15, 0.2) is 17.2 Å². The number of ether oxygens (including phenoxy) is 1. The lowest BCUT2D eigenvalue weighted by Gasteiger charge is -2.15. The zero-order valence-electron chi connectivity index (χ0n) is 14.0. The van der Waals surface area contributed by atoms with Crippen molar-refractivity contribution in [3.05, 3.63) is 36.2 Å². The Morgan fingerprint density at radius 3 is 2.71 bits per heavy atom. The summed E-state index contributed by atoms with van der Waals surface area (Å²) in [5, 5.41) is 3.08. The second-order valence-electron chi connectivity index (χ2n) is 6.42. The first-order valence-electron chi connectivity index (χ1n) is 7.55. The number of carbonyl (C=O) groups is 1. The second kappa shape index (κ2) is 5.92. The zero-order valence-corrected chi connectivity index (χ0v) is 14.0. The van der Waals surface area contributed by atoms with Gasteiger partial charge in [0.25, 0.3) is 0 Å². The lowest BCUT2D eigenvalue weighted by molar-refractivity contribution is 0.0860. The number of hydrogen-bond donors (Lipinski definition) is 2. The van der Waals surface area contributed by atoms with Crippen molar-refractivity contribution in [1.82, 2.24) is 19.9 Å². The number of aromatic nitrogens is 4. The van der Waals surface area contributed by atoms with Crippen LogP contribution in [0.4, 0.5) is 11.6 Å². The van der Waals surface area contributed by atoms with Crippen molar-refractivity contribution in [2.75, 3.05) is 12.4 Å². The molecule has 0 bridgehead atoms. The molecule has 0 fully saturated rings. The predicted molar refractivity (Wildman–Crippen MR) is 91.7 cm³/mol. The molecule has 0 saturated carbocycles. The molecule has 0 spiro atoms. The minimum atomic E-state index is -0.491. The zero-order chi connectivity index (χ0) is 17.3. The summed E-state index contributed by atoms with van der Waals surface area (Å²) in [6.45, 7) is 5.64. The van der Waals surface area contributed by atoms with Crippen LogP contribution in [-0.4, -0.2) is 32.8 Å². The van der Waals surface area contributed by atoms with Gasteiger partial charge in [-0.2, -0.15) is 4.98 Å². The number of carbonyl (C=O) groups excluding carboxylic acids is 1. The maximum absolute atomic E-state index is 12.6. The van der Waals surface area contributed by atoms with Gasteiger partial charge in [-0.25, -0.2) is 9.97 Å². The fourth-order valence-electron chi connectivity index (χ4n) is 2.26. The minimum absolute atomic E-state index is 0.0136. The van der Waals surface area contributed by atoms with Gasteiger partial charge in [0.05, 0.1) is 18.9 Å². The van der Waals surface area contributed by atoms with Crippen LogP contribution < -0.4 is 10.1 Å². The quantitative estimate of drug-likeness (QED) is 0.715. The van der Waals surface area contributed by atoms with Gasteiger partial charge >= 0.3 is 0 Å². The Hall–Kier alpha value is -2.96. The van der Waals surface area contributed by atoms with Crippen molar-refractivity contribution in [2.24, 2.45) is 5.41 Å². The number of rotatable bonds is 4. The number of pyridine rings is 1. The Bertz CT molecular complexity index is 895. The van der Waals surface area contributed by atoms with Crippen molar-refractivity contribution in [1.29, 1.82) is 0 Å². The van der Waals surface area contributed by atoms with Crippen molar-refractivity contribution >= 4 is 28.6 Å². The van der Waals surface area contributed by atoms with Gasteiger partial charge in [-0.1, -0.05) is 26.8 Å². The summed E-state index contributed by atoms with van der Waals surface area (Å²) in [6, 6.07) is 5.38. The Labute approximate surface area is 139 Å². The normalized spacial score (nSPS) is 11.5. The maximum atomic E-state index is 12.6. The molecule has 3 rings (SSSR count). The van der Waals surface area contributed by atoms with Gasteiger partial charge in [-0.3, -0.25) is 4.79 Å². The molecule has 124 valence electrons. The Morgan fingerprint density at radius 2 is 2.00 bits per heavy atom. The highest BCUT2D eigenvalue weighted by Crippen LogP contribution is 2.26. The lowest BCUT2D eigenvalue weighted by Crippen LogP contribution is -2.20. The van der Waals surface area contributed by atoms with Crippen LogP contribution in [0.3, 0.4) is 0 Å². The molecule has 0 amide bonds. The van der Waals surface area contributed by atoms with E-state index in [1.54, 1.807) is 31.6 Å². The average Bonchev–Trinajstić information content (AvgIpc) is 2.96. The fraction of sp³-hybridized carbons (Fsp3) is 0.294. The van der Waals surface area contributed by atoms with Crippen LogP contribution in [0, 0.1) is 5.41 Å². The topological polar surface area (TPSA) is 92.8 Å². The molecule has 0 unspecified atom stereocenters. The molecule has 0 aliphatic carbocycles. The van der Waals surface area contributed by atoms with Crippen molar-refractivity contribution in [3.63, 3.8) is 0 Å².